The number of rotatable bonds is 4. The molecule has 0 saturated carbocycles. The molecular formula is C18H36N2O3. The summed E-state index contributed by atoms with van der Waals surface area (Å²) >= 11 is 0. The average Bonchev–Trinajstić information content (AvgIpc) is 2.56. The Balaban J connectivity index is 2.56. The van der Waals surface area contributed by atoms with E-state index < -0.39 is 11.2 Å². The highest BCUT2D eigenvalue weighted by Crippen LogP contribution is 2.21. The quantitative estimate of drug-likeness (QED) is 0.833. The lowest BCUT2D eigenvalue weighted by Crippen LogP contribution is -2.47. The van der Waals surface area contributed by atoms with E-state index in [0.717, 1.165) is 19.4 Å². The Labute approximate surface area is 141 Å². The first-order valence-electron chi connectivity index (χ1n) is 8.86. The molecule has 1 fully saturated rings. The van der Waals surface area contributed by atoms with Crippen molar-refractivity contribution in [3.05, 3.63) is 0 Å². The van der Waals surface area contributed by atoms with Gasteiger partial charge in [0.15, 0.2) is 0 Å². The normalized spacial score (nSPS) is 25.9. The topological polar surface area (TPSA) is 61.8 Å². The van der Waals surface area contributed by atoms with E-state index in [4.69, 9.17) is 4.74 Å². The van der Waals surface area contributed by atoms with Crippen LogP contribution in [0.5, 0.6) is 0 Å². The highest BCUT2D eigenvalue weighted by molar-refractivity contribution is 5.68. The number of hydrogen-bond acceptors (Lipinski definition) is 4. The molecule has 1 amide bonds. The first-order chi connectivity index (χ1) is 10.4. The summed E-state index contributed by atoms with van der Waals surface area (Å²) in [6.07, 6.45) is 1.61. The summed E-state index contributed by atoms with van der Waals surface area (Å²) < 4.78 is 5.48. The van der Waals surface area contributed by atoms with Crippen LogP contribution >= 0.6 is 0 Å². The number of amides is 1. The van der Waals surface area contributed by atoms with Gasteiger partial charge in [-0.25, -0.2) is 4.79 Å². The van der Waals surface area contributed by atoms with E-state index in [1.54, 1.807) is 0 Å². The number of ether oxygens (including phenoxy) is 1. The Hall–Kier alpha value is -0.810. The molecule has 5 nitrogen and oxygen atoms in total. The van der Waals surface area contributed by atoms with Crippen molar-refractivity contribution in [1.82, 2.24) is 10.2 Å². The number of hydrogen-bond donors (Lipinski definition) is 2. The summed E-state index contributed by atoms with van der Waals surface area (Å²) in [6, 6.07) is 0.313. The molecule has 0 radical (unpaired) electrons. The van der Waals surface area contributed by atoms with Gasteiger partial charge in [0.2, 0.25) is 0 Å². The summed E-state index contributed by atoms with van der Waals surface area (Å²) in [5.41, 5.74) is -1.17. The van der Waals surface area contributed by atoms with E-state index in [-0.39, 0.29) is 12.0 Å². The van der Waals surface area contributed by atoms with Crippen molar-refractivity contribution in [2.75, 3.05) is 19.6 Å². The van der Waals surface area contributed by atoms with Gasteiger partial charge in [-0.3, -0.25) is 0 Å². The first kappa shape index (κ1) is 20.2. The van der Waals surface area contributed by atoms with Gasteiger partial charge in [-0.1, -0.05) is 20.8 Å². The molecule has 2 N–H and O–H groups in total. The number of likely N-dealkylation sites (tertiary alicyclic amines) is 1. The molecule has 23 heavy (non-hydrogen) atoms. The van der Waals surface area contributed by atoms with Crippen molar-refractivity contribution in [1.29, 1.82) is 0 Å². The van der Waals surface area contributed by atoms with E-state index in [2.05, 4.69) is 12.2 Å². The third-order valence-corrected chi connectivity index (χ3v) is 4.87. The van der Waals surface area contributed by atoms with Crippen molar-refractivity contribution < 1.29 is 14.6 Å². The molecule has 0 aromatic rings. The summed E-state index contributed by atoms with van der Waals surface area (Å²) in [5, 5.41) is 13.9. The maximum absolute atomic E-state index is 12.2. The fourth-order valence-corrected chi connectivity index (χ4v) is 2.61. The molecule has 0 bridgehead atoms. The van der Waals surface area contributed by atoms with Gasteiger partial charge in [-0.15, -0.1) is 0 Å². The standard InChI is InChI=1S/C18H36N2O3/c1-13(2)18(7,22)12-19-15-9-11-20(10-8-14(15)3)16(21)23-17(4,5)6/h13-15,19,22H,8-12H2,1-7H3/t14-,15+,18-/m1/s1. The number of carbonyl (C=O) groups is 1. The Kier molecular flexibility index (Phi) is 6.90. The second-order valence-corrected chi connectivity index (χ2v) is 8.52. The van der Waals surface area contributed by atoms with Gasteiger partial charge in [0.1, 0.15) is 5.60 Å². The second kappa shape index (κ2) is 7.84. The zero-order valence-electron chi connectivity index (χ0n) is 16.0. The molecular weight excluding hydrogens is 292 g/mol. The number of aliphatic hydroxyl groups is 1. The molecule has 1 saturated heterocycles. The Bertz CT molecular complexity index is 388. The fraction of sp³-hybridized carbons (Fsp3) is 0.944. The van der Waals surface area contributed by atoms with Gasteiger partial charge in [0.05, 0.1) is 5.60 Å². The maximum Gasteiger partial charge on any atom is 0.410 e. The van der Waals surface area contributed by atoms with Crippen LogP contribution in [0.25, 0.3) is 0 Å². The van der Waals surface area contributed by atoms with Gasteiger partial charge < -0.3 is 20.1 Å². The molecule has 0 spiro atoms. The highest BCUT2D eigenvalue weighted by atomic mass is 16.6. The Morgan fingerprint density at radius 1 is 1.26 bits per heavy atom. The molecule has 1 aliphatic rings. The van der Waals surface area contributed by atoms with Crippen LogP contribution in [0.4, 0.5) is 4.79 Å². The van der Waals surface area contributed by atoms with E-state index in [1.807, 2.05) is 46.4 Å². The zero-order valence-corrected chi connectivity index (χ0v) is 16.0. The molecule has 3 atom stereocenters. The third-order valence-electron chi connectivity index (χ3n) is 4.87. The SMILES string of the molecule is CC(C)[C@](C)(O)CN[C@H]1CCN(C(=O)OC(C)(C)C)CC[C@H]1C. The summed E-state index contributed by atoms with van der Waals surface area (Å²) in [6.45, 7) is 15.8. The third kappa shape index (κ3) is 6.68. The first-order valence-corrected chi connectivity index (χ1v) is 8.86. The van der Waals surface area contributed by atoms with Crippen molar-refractivity contribution in [3.8, 4) is 0 Å². The summed E-state index contributed by atoms with van der Waals surface area (Å²) in [7, 11) is 0. The van der Waals surface area contributed by atoms with E-state index >= 15 is 0 Å². The minimum atomic E-state index is -0.711. The van der Waals surface area contributed by atoms with Crippen LogP contribution in [0, 0.1) is 11.8 Å². The Morgan fingerprint density at radius 2 is 1.83 bits per heavy atom. The number of nitrogens with zero attached hydrogens (tertiary/aromatic N) is 1. The van der Waals surface area contributed by atoms with E-state index in [9.17, 15) is 9.90 Å². The molecule has 0 aromatic heterocycles. The predicted octanol–water partition coefficient (Wildman–Crippen LogP) is 3.02. The molecule has 0 unspecified atom stereocenters. The molecule has 1 rings (SSSR count). The summed E-state index contributed by atoms with van der Waals surface area (Å²) in [5.74, 6) is 0.666. The van der Waals surface area contributed by atoms with Crippen molar-refractivity contribution >= 4 is 6.09 Å². The number of nitrogens with one attached hydrogen (secondary N) is 1. The molecule has 136 valence electrons. The van der Waals surface area contributed by atoms with Crippen LogP contribution in [-0.2, 0) is 4.74 Å². The van der Waals surface area contributed by atoms with Gasteiger partial charge in [-0.2, -0.15) is 0 Å². The Morgan fingerprint density at radius 3 is 2.35 bits per heavy atom. The molecule has 5 heteroatoms. The lowest BCUT2D eigenvalue weighted by Gasteiger charge is -2.32. The molecule has 0 aromatic carbocycles. The van der Waals surface area contributed by atoms with Crippen LogP contribution in [-0.4, -0.2) is 53.0 Å². The van der Waals surface area contributed by atoms with Crippen molar-refractivity contribution in [2.45, 2.75) is 78.6 Å². The molecule has 1 aliphatic heterocycles. The van der Waals surface area contributed by atoms with Crippen LogP contribution in [0.3, 0.4) is 0 Å². The second-order valence-electron chi connectivity index (χ2n) is 8.52. The monoisotopic (exact) mass is 328 g/mol. The van der Waals surface area contributed by atoms with E-state index in [1.165, 1.54) is 0 Å². The predicted molar refractivity (Wildman–Crippen MR) is 93.5 cm³/mol. The molecule has 1 heterocycles. The average molecular weight is 328 g/mol. The zero-order chi connectivity index (χ0) is 17.8. The minimum absolute atomic E-state index is 0.203. The lowest BCUT2D eigenvalue weighted by atomic mass is 9.90. The minimum Gasteiger partial charge on any atom is -0.444 e. The van der Waals surface area contributed by atoms with Gasteiger partial charge in [0.25, 0.3) is 0 Å². The van der Waals surface area contributed by atoms with Crippen molar-refractivity contribution in [3.63, 3.8) is 0 Å². The van der Waals surface area contributed by atoms with E-state index in [0.29, 0.717) is 25.0 Å². The van der Waals surface area contributed by atoms with Gasteiger partial charge in [0, 0.05) is 25.7 Å². The summed E-state index contributed by atoms with van der Waals surface area (Å²) in [4.78, 5) is 14.0. The van der Waals surface area contributed by atoms with Crippen LogP contribution in [0.15, 0.2) is 0 Å². The lowest BCUT2D eigenvalue weighted by molar-refractivity contribution is 0.00982. The smallest absolute Gasteiger partial charge is 0.410 e. The van der Waals surface area contributed by atoms with Crippen LogP contribution < -0.4 is 5.32 Å². The van der Waals surface area contributed by atoms with Crippen molar-refractivity contribution in [2.24, 2.45) is 11.8 Å². The fourth-order valence-electron chi connectivity index (χ4n) is 2.61. The van der Waals surface area contributed by atoms with Crippen LogP contribution in [0.2, 0.25) is 0 Å². The van der Waals surface area contributed by atoms with Gasteiger partial charge in [-0.05, 0) is 52.4 Å². The largest absolute Gasteiger partial charge is 0.444 e. The maximum atomic E-state index is 12.2. The molecule has 0 aliphatic carbocycles. The number of carbonyl (C=O) groups excluding carboxylic acids is 1. The highest BCUT2D eigenvalue weighted by Gasteiger charge is 2.31. The van der Waals surface area contributed by atoms with Gasteiger partial charge >= 0.3 is 6.09 Å². The van der Waals surface area contributed by atoms with Crippen LogP contribution in [0.1, 0.15) is 61.3 Å².